The molecule has 0 bridgehead atoms. The number of nitrogens with zero attached hydrogens (tertiary/aromatic N) is 2. The Bertz CT molecular complexity index is 661. The first-order valence-electron chi connectivity index (χ1n) is 7.44. The van der Waals surface area contributed by atoms with Gasteiger partial charge in [-0.15, -0.1) is 0 Å². The molecule has 0 N–H and O–H groups in total. The third-order valence-corrected chi connectivity index (χ3v) is 3.97. The van der Waals surface area contributed by atoms with Crippen molar-refractivity contribution < 1.29 is 9.53 Å². The number of hydrogen-bond acceptors (Lipinski definition) is 3. The van der Waals surface area contributed by atoms with Gasteiger partial charge in [-0.25, -0.2) is 0 Å². The van der Waals surface area contributed by atoms with Gasteiger partial charge in [0.2, 0.25) is 0 Å². The number of fused-ring (bicyclic) bond motifs is 1. The van der Waals surface area contributed by atoms with Gasteiger partial charge in [0.25, 0.3) is 0 Å². The molecule has 1 aliphatic rings. The second kappa shape index (κ2) is 5.72. The maximum absolute atomic E-state index is 12.5. The van der Waals surface area contributed by atoms with E-state index in [2.05, 4.69) is 5.10 Å². The van der Waals surface area contributed by atoms with Gasteiger partial charge in [0.1, 0.15) is 11.5 Å². The first kappa shape index (κ1) is 13.9. The smallest absolute Gasteiger partial charge is 0.145 e. The molecule has 1 atom stereocenters. The van der Waals surface area contributed by atoms with Crippen molar-refractivity contribution in [2.45, 2.75) is 33.2 Å². The highest BCUT2D eigenvalue weighted by molar-refractivity contribution is 5.83. The number of Topliss-reactive ketones (excluding diaryl/α,β-unsaturated/α-hetero) is 1. The molecular formula is C17H20N2O2. The Morgan fingerprint density at radius 2 is 2.24 bits per heavy atom. The summed E-state index contributed by atoms with van der Waals surface area (Å²) in [7, 11) is 0. The number of hydrogen-bond donors (Lipinski definition) is 0. The van der Waals surface area contributed by atoms with Crippen molar-refractivity contribution in [2.75, 3.05) is 6.61 Å². The van der Waals surface area contributed by atoms with Gasteiger partial charge in [-0.1, -0.05) is 18.2 Å². The van der Waals surface area contributed by atoms with E-state index >= 15 is 0 Å². The minimum atomic E-state index is -0.0552. The van der Waals surface area contributed by atoms with Crippen molar-refractivity contribution in [1.29, 1.82) is 0 Å². The van der Waals surface area contributed by atoms with Crippen molar-refractivity contribution >= 4 is 5.78 Å². The van der Waals surface area contributed by atoms with Crippen molar-refractivity contribution in [3.63, 3.8) is 0 Å². The topological polar surface area (TPSA) is 44.1 Å². The normalized spacial score (nSPS) is 17.1. The predicted molar refractivity (Wildman–Crippen MR) is 80.5 cm³/mol. The van der Waals surface area contributed by atoms with Crippen LogP contribution in [0.5, 0.6) is 5.75 Å². The van der Waals surface area contributed by atoms with E-state index in [0.29, 0.717) is 13.0 Å². The second-order valence-corrected chi connectivity index (χ2v) is 5.56. The van der Waals surface area contributed by atoms with Crippen LogP contribution in [0.25, 0.3) is 0 Å². The molecule has 0 spiro atoms. The highest BCUT2D eigenvalue weighted by Gasteiger charge is 2.26. The van der Waals surface area contributed by atoms with Crippen LogP contribution >= 0.6 is 0 Å². The molecule has 0 fully saturated rings. The molecule has 0 radical (unpaired) electrons. The summed E-state index contributed by atoms with van der Waals surface area (Å²) in [4.78, 5) is 12.5. The maximum Gasteiger partial charge on any atom is 0.145 e. The number of ketones is 1. The van der Waals surface area contributed by atoms with Crippen LogP contribution in [-0.4, -0.2) is 22.2 Å². The van der Waals surface area contributed by atoms with Crippen molar-refractivity contribution in [1.82, 2.24) is 9.78 Å². The monoisotopic (exact) mass is 284 g/mol. The number of rotatable bonds is 4. The Balaban J connectivity index is 1.72. The molecule has 110 valence electrons. The molecule has 1 aliphatic heterocycles. The Morgan fingerprint density at radius 1 is 1.43 bits per heavy atom. The fourth-order valence-corrected chi connectivity index (χ4v) is 2.87. The fourth-order valence-electron chi connectivity index (χ4n) is 2.87. The lowest BCUT2D eigenvalue weighted by molar-refractivity contribution is -0.123. The van der Waals surface area contributed by atoms with Crippen LogP contribution in [0, 0.1) is 12.8 Å². The van der Waals surface area contributed by atoms with Crippen LogP contribution in [0.1, 0.15) is 23.9 Å². The summed E-state index contributed by atoms with van der Waals surface area (Å²) in [6, 6.07) is 9.95. The van der Waals surface area contributed by atoms with E-state index in [1.807, 2.05) is 48.9 Å². The van der Waals surface area contributed by atoms with Gasteiger partial charge >= 0.3 is 0 Å². The summed E-state index contributed by atoms with van der Waals surface area (Å²) in [6.07, 6.45) is 1.21. The van der Waals surface area contributed by atoms with Crippen LogP contribution in [0.3, 0.4) is 0 Å². The third-order valence-electron chi connectivity index (χ3n) is 3.97. The minimum absolute atomic E-state index is 0.0552. The van der Waals surface area contributed by atoms with Crippen LogP contribution in [0.4, 0.5) is 0 Å². The number of para-hydroxylation sites is 1. The summed E-state index contributed by atoms with van der Waals surface area (Å²) >= 11 is 0. The Labute approximate surface area is 124 Å². The van der Waals surface area contributed by atoms with E-state index in [9.17, 15) is 4.79 Å². The van der Waals surface area contributed by atoms with Crippen LogP contribution in [0.15, 0.2) is 30.3 Å². The molecule has 1 aromatic carbocycles. The molecule has 0 aliphatic carbocycles. The highest BCUT2D eigenvalue weighted by atomic mass is 16.5. The van der Waals surface area contributed by atoms with Gasteiger partial charge in [-0.3, -0.25) is 9.48 Å². The van der Waals surface area contributed by atoms with Gasteiger partial charge < -0.3 is 4.74 Å². The standard InChI is InChI=1S/C17H20N2O2/c1-3-19-15(8-12(2)18-19)10-16(20)14-9-13-6-4-5-7-17(13)21-11-14/h4-8,14H,3,9-11H2,1-2H3. The van der Waals surface area contributed by atoms with Crippen LogP contribution in [0.2, 0.25) is 0 Å². The maximum atomic E-state index is 12.5. The number of carbonyl (C=O) groups excluding carboxylic acids is 1. The van der Waals surface area contributed by atoms with Crippen molar-refractivity contribution in [3.8, 4) is 5.75 Å². The van der Waals surface area contributed by atoms with E-state index in [0.717, 1.165) is 35.7 Å². The molecule has 3 rings (SSSR count). The molecule has 0 saturated carbocycles. The Morgan fingerprint density at radius 3 is 3.05 bits per heavy atom. The zero-order valence-corrected chi connectivity index (χ0v) is 12.5. The summed E-state index contributed by atoms with van der Waals surface area (Å²) in [6.45, 7) is 5.27. The van der Waals surface area contributed by atoms with E-state index in [1.54, 1.807) is 0 Å². The van der Waals surface area contributed by atoms with Gasteiger partial charge in [0.05, 0.1) is 18.2 Å². The average molecular weight is 284 g/mol. The van der Waals surface area contributed by atoms with Gasteiger partial charge in [0.15, 0.2) is 0 Å². The van der Waals surface area contributed by atoms with E-state index in [-0.39, 0.29) is 11.7 Å². The molecule has 1 unspecified atom stereocenters. The van der Waals surface area contributed by atoms with Gasteiger partial charge in [-0.2, -0.15) is 5.10 Å². The zero-order valence-electron chi connectivity index (χ0n) is 12.5. The first-order chi connectivity index (χ1) is 10.2. The molecule has 2 heterocycles. The number of benzene rings is 1. The molecule has 4 heteroatoms. The fraction of sp³-hybridized carbons (Fsp3) is 0.412. The molecule has 0 amide bonds. The third kappa shape index (κ3) is 2.84. The predicted octanol–water partition coefficient (Wildman–Crippen LogP) is 2.57. The largest absolute Gasteiger partial charge is 0.493 e. The summed E-state index contributed by atoms with van der Waals surface area (Å²) in [5.74, 6) is 1.09. The number of carbonyl (C=O) groups is 1. The Hall–Kier alpha value is -2.10. The lowest BCUT2D eigenvalue weighted by atomic mass is 9.91. The minimum Gasteiger partial charge on any atom is -0.493 e. The average Bonchev–Trinajstić information content (AvgIpc) is 2.86. The van der Waals surface area contributed by atoms with Crippen LogP contribution < -0.4 is 4.74 Å². The zero-order chi connectivity index (χ0) is 14.8. The number of aryl methyl sites for hydroxylation is 2. The SMILES string of the molecule is CCn1nc(C)cc1CC(=O)C1COc2ccccc2C1. The van der Waals surface area contributed by atoms with Crippen molar-refractivity contribution in [2.24, 2.45) is 5.92 Å². The quantitative estimate of drug-likeness (QED) is 0.866. The number of ether oxygens (including phenoxy) is 1. The first-order valence-corrected chi connectivity index (χ1v) is 7.44. The lowest BCUT2D eigenvalue weighted by Gasteiger charge is -2.24. The number of aromatic nitrogens is 2. The van der Waals surface area contributed by atoms with Gasteiger partial charge in [-0.05, 0) is 38.0 Å². The molecular weight excluding hydrogens is 264 g/mol. The van der Waals surface area contributed by atoms with Crippen molar-refractivity contribution in [3.05, 3.63) is 47.3 Å². The molecule has 21 heavy (non-hydrogen) atoms. The van der Waals surface area contributed by atoms with E-state index in [1.165, 1.54) is 0 Å². The summed E-state index contributed by atoms with van der Waals surface area (Å²) < 4.78 is 7.62. The van der Waals surface area contributed by atoms with Gasteiger partial charge in [0, 0.05) is 18.7 Å². The highest BCUT2D eigenvalue weighted by Crippen LogP contribution is 2.27. The van der Waals surface area contributed by atoms with Crippen LogP contribution in [-0.2, 0) is 24.2 Å². The molecule has 4 nitrogen and oxygen atoms in total. The Kier molecular flexibility index (Phi) is 3.78. The molecule has 2 aromatic rings. The second-order valence-electron chi connectivity index (χ2n) is 5.56. The van der Waals surface area contributed by atoms with E-state index < -0.39 is 0 Å². The summed E-state index contributed by atoms with van der Waals surface area (Å²) in [5, 5.41) is 4.40. The lowest BCUT2D eigenvalue weighted by Crippen LogP contribution is -2.29. The summed E-state index contributed by atoms with van der Waals surface area (Å²) in [5.41, 5.74) is 3.09. The van der Waals surface area contributed by atoms with E-state index in [4.69, 9.17) is 4.74 Å². The molecule has 0 saturated heterocycles. The molecule has 1 aromatic heterocycles.